The van der Waals surface area contributed by atoms with E-state index in [-0.39, 0.29) is 20.2 Å². The summed E-state index contributed by atoms with van der Waals surface area (Å²) in [6.45, 7) is 14.1. The Morgan fingerprint density at radius 3 is 1.45 bits per heavy atom. The van der Waals surface area contributed by atoms with E-state index in [1.807, 2.05) is 0 Å². The molecule has 0 bridgehead atoms. The van der Waals surface area contributed by atoms with Crippen LogP contribution in [0.2, 0.25) is 0 Å². The third-order valence-electron chi connectivity index (χ3n) is 8.55. The maximum Gasteiger partial charge on any atom is -1.00 e. The van der Waals surface area contributed by atoms with E-state index in [9.17, 15) is 0 Å². The van der Waals surface area contributed by atoms with Crippen LogP contribution in [-0.4, -0.2) is 3.21 Å². The van der Waals surface area contributed by atoms with Gasteiger partial charge in [-0.1, -0.05) is 0 Å². The van der Waals surface area contributed by atoms with Crippen molar-refractivity contribution in [2.45, 2.75) is 62.4 Å². The number of allylic oxidation sites excluding steroid dienone is 4. The molecule has 0 unspecified atom stereocenters. The molecule has 214 valence electrons. The van der Waals surface area contributed by atoms with Crippen LogP contribution in [0.1, 0.15) is 85.0 Å². The van der Waals surface area contributed by atoms with Crippen LogP contribution in [0.3, 0.4) is 0 Å². The Bertz CT molecular complexity index is 1560. The van der Waals surface area contributed by atoms with Gasteiger partial charge >= 0.3 is 250 Å². The normalized spacial score (nSPS) is 13.7. The van der Waals surface area contributed by atoms with Crippen molar-refractivity contribution < 1.29 is 30.7 Å². The first-order chi connectivity index (χ1) is 19.1. The third-order valence-corrected chi connectivity index (χ3v) is 16.9. The van der Waals surface area contributed by atoms with Crippen LogP contribution in [0.25, 0.3) is 11.1 Å². The first-order valence-electron chi connectivity index (χ1n) is 14.6. The molecule has 0 spiro atoms. The molecule has 4 aromatic carbocycles. The summed E-state index contributed by atoms with van der Waals surface area (Å²) < 4.78 is 3.74. The van der Waals surface area contributed by atoms with Crippen LogP contribution in [0, 0.1) is 0 Å². The maximum atomic E-state index is 2.58. The summed E-state index contributed by atoms with van der Waals surface area (Å²) in [5.74, 6) is 0. The van der Waals surface area contributed by atoms with Gasteiger partial charge in [-0.05, 0) is 0 Å². The minimum absolute atomic E-state index is 0. The van der Waals surface area contributed by atoms with E-state index in [0.717, 1.165) is 6.42 Å². The second kappa shape index (κ2) is 12.3. The molecular weight excluding hydrogens is 598 g/mol. The molecule has 0 heterocycles. The largest absolute Gasteiger partial charge is 1.00 e. The van der Waals surface area contributed by atoms with Crippen LogP contribution >= 0.6 is 0 Å². The molecule has 4 aromatic rings. The molecule has 3 heteroatoms. The first kappa shape index (κ1) is 31.9. The molecule has 0 saturated heterocycles. The Morgan fingerprint density at radius 1 is 0.619 bits per heavy atom. The first-order valence-corrected chi connectivity index (χ1v) is 18.5. The Morgan fingerprint density at radius 2 is 1.07 bits per heavy atom. The van der Waals surface area contributed by atoms with E-state index in [1.54, 1.807) is 17.6 Å². The van der Waals surface area contributed by atoms with E-state index in [2.05, 4.69) is 157 Å². The van der Waals surface area contributed by atoms with E-state index < -0.39 is 21.3 Å². The number of hydrogen-bond donors (Lipinski definition) is 0. The van der Waals surface area contributed by atoms with Gasteiger partial charge in [0.15, 0.2) is 0 Å². The second-order valence-corrected chi connectivity index (χ2v) is 19.6. The van der Waals surface area contributed by atoms with Crippen molar-refractivity contribution in [3.8, 4) is 11.1 Å². The summed E-state index contributed by atoms with van der Waals surface area (Å²) in [6, 6.07) is 37.3. The fourth-order valence-electron chi connectivity index (χ4n) is 6.33. The monoisotopic (exact) mass is 636 g/mol. The predicted molar refractivity (Wildman–Crippen MR) is 169 cm³/mol. The molecule has 0 atom stereocenters. The Labute approximate surface area is 258 Å². The van der Waals surface area contributed by atoms with E-state index in [1.165, 1.54) is 33.4 Å². The molecule has 42 heavy (non-hydrogen) atoms. The summed E-state index contributed by atoms with van der Waals surface area (Å²) in [5, 5.41) is 0. The number of fused-ring (bicyclic) bond motifs is 3. The standard InChI is InChI=1S/C21H25.C13H10.C5H5.2FH.Zr/c1-20(2,3)16-7-9-18-14(12-16)11-15-13-17(21(4,5)6)8-10-19(15)18;1-3-7-12(8-4-1)11-13-9-5-2-6-10-13;1-2-4-5-3-1;;;/h7-13H,1-6H3;1-10H;1-3H,4H2;2*1H;/q;;;;;+2/p-2. The van der Waals surface area contributed by atoms with Gasteiger partial charge in [0.05, 0.1) is 0 Å². The molecule has 0 radical (unpaired) electrons. The molecule has 6 rings (SSSR count). The summed E-state index contributed by atoms with van der Waals surface area (Å²) in [5.41, 5.74) is 11.9. The van der Waals surface area contributed by atoms with E-state index in [4.69, 9.17) is 0 Å². The fraction of sp³-hybridized carbons (Fsp3) is 0.256. The Hall–Kier alpha value is -3.03. The molecular formula is C39H40F2Zr. The SMILES string of the molecule is CC(C)(C)c1ccc2c(c1)[CH]([Zr+2]([C]1=CC=CC1)=[C](c1ccccc1)c1ccccc1)c1cc(C(C)(C)C)ccc1-2.[F-].[F-]. The van der Waals surface area contributed by atoms with Gasteiger partial charge < -0.3 is 9.41 Å². The quantitative estimate of drug-likeness (QED) is 0.317. The van der Waals surface area contributed by atoms with E-state index in [0.29, 0.717) is 3.63 Å². The second-order valence-electron chi connectivity index (χ2n) is 13.4. The molecule has 2 aliphatic rings. The van der Waals surface area contributed by atoms with Crippen LogP contribution in [0.5, 0.6) is 0 Å². The summed E-state index contributed by atoms with van der Waals surface area (Å²) >= 11 is -2.66. The Balaban J connectivity index is 0.00000202. The summed E-state index contributed by atoms with van der Waals surface area (Å²) in [6.07, 6.45) is 8.23. The van der Waals surface area contributed by atoms with Crippen molar-refractivity contribution in [2.24, 2.45) is 0 Å². The number of rotatable bonds is 4. The van der Waals surface area contributed by atoms with Gasteiger partial charge in [0.2, 0.25) is 0 Å². The van der Waals surface area contributed by atoms with Gasteiger partial charge in [0.1, 0.15) is 0 Å². The average molecular weight is 638 g/mol. The van der Waals surface area contributed by atoms with Gasteiger partial charge in [0.25, 0.3) is 0 Å². The van der Waals surface area contributed by atoms with Gasteiger partial charge in [-0.3, -0.25) is 0 Å². The number of hydrogen-bond acceptors (Lipinski definition) is 0. The van der Waals surface area contributed by atoms with Crippen LogP contribution in [-0.2, 0) is 32.1 Å². The summed E-state index contributed by atoms with van der Waals surface area (Å²) in [4.78, 5) is 0. The molecule has 0 amide bonds. The number of halogens is 2. The smallest absolute Gasteiger partial charge is 1.00 e. The molecule has 0 aromatic heterocycles. The molecule has 0 fully saturated rings. The van der Waals surface area contributed by atoms with Gasteiger partial charge in [-0.15, -0.1) is 0 Å². The molecule has 0 nitrogen and oxygen atoms in total. The fourth-order valence-corrected chi connectivity index (χ4v) is 15.3. The van der Waals surface area contributed by atoms with Crippen molar-refractivity contribution in [1.29, 1.82) is 0 Å². The zero-order chi connectivity index (χ0) is 28.1. The third kappa shape index (κ3) is 5.91. The van der Waals surface area contributed by atoms with Crippen molar-refractivity contribution in [3.05, 3.63) is 152 Å². The van der Waals surface area contributed by atoms with Crippen LogP contribution in [0.15, 0.2) is 119 Å². The molecule has 0 saturated carbocycles. The topological polar surface area (TPSA) is 0 Å². The van der Waals surface area contributed by atoms with E-state index >= 15 is 0 Å². The van der Waals surface area contributed by atoms with Crippen molar-refractivity contribution in [2.75, 3.05) is 0 Å². The number of benzene rings is 4. The van der Waals surface area contributed by atoms with Gasteiger partial charge in [-0.2, -0.15) is 0 Å². The zero-order valence-corrected chi connectivity index (χ0v) is 28.0. The summed E-state index contributed by atoms with van der Waals surface area (Å²) in [7, 11) is 0. The minimum atomic E-state index is -2.66. The maximum absolute atomic E-state index is 2.66. The molecule has 0 aliphatic heterocycles. The van der Waals surface area contributed by atoms with Gasteiger partial charge in [0, 0.05) is 0 Å². The van der Waals surface area contributed by atoms with Crippen LogP contribution in [0.4, 0.5) is 0 Å². The van der Waals surface area contributed by atoms with Crippen molar-refractivity contribution in [3.63, 3.8) is 0 Å². The van der Waals surface area contributed by atoms with Crippen molar-refractivity contribution in [1.82, 2.24) is 0 Å². The average Bonchev–Trinajstić information content (AvgIpc) is 3.58. The predicted octanol–water partition coefficient (Wildman–Crippen LogP) is 4.09. The van der Waals surface area contributed by atoms with Crippen LogP contribution < -0.4 is 9.41 Å². The zero-order valence-electron chi connectivity index (χ0n) is 25.5. The minimum Gasteiger partial charge on any atom is -1.00 e. The molecule has 0 N–H and O–H groups in total. The molecule has 2 aliphatic carbocycles. The van der Waals surface area contributed by atoms with Gasteiger partial charge in [-0.25, -0.2) is 0 Å². The van der Waals surface area contributed by atoms with Crippen molar-refractivity contribution >= 4 is 3.21 Å². The Kier molecular flexibility index (Phi) is 9.34.